The summed E-state index contributed by atoms with van der Waals surface area (Å²) in [5, 5.41) is 0. The number of halogens is 1. The zero-order valence-corrected chi connectivity index (χ0v) is 15.0. The maximum Gasteiger partial charge on any atom is 0.133 e. The fourth-order valence-electron chi connectivity index (χ4n) is 2.56. The van der Waals surface area contributed by atoms with Crippen LogP contribution in [0.15, 0.2) is 88.3 Å². The summed E-state index contributed by atoms with van der Waals surface area (Å²) in [4.78, 5) is 4.84. The van der Waals surface area contributed by atoms with Crippen LogP contribution in [0.4, 0.5) is 0 Å². The monoisotopic (exact) mass is 379 g/mol. The minimum Gasteiger partial charge on any atom is -0.496 e. The first kappa shape index (κ1) is 16.5. The van der Waals surface area contributed by atoms with Crippen molar-refractivity contribution in [3.8, 4) is 5.75 Å². The highest BCUT2D eigenvalue weighted by molar-refractivity contribution is 9.10. The van der Waals surface area contributed by atoms with Crippen molar-refractivity contribution in [2.24, 2.45) is 4.99 Å². The van der Waals surface area contributed by atoms with Crippen LogP contribution in [0.2, 0.25) is 0 Å². The molecule has 0 N–H and O–H groups in total. The van der Waals surface area contributed by atoms with Crippen LogP contribution in [0.3, 0.4) is 0 Å². The number of ether oxygens (including phenoxy) is 1. The number of hydrogen-bond acceptors (Lipinski definition) is 2. The molecule has 0 aromatic heterocycles. The van der Waals surface area contributed by atoms with Gasteiger partial charge in [-0.15, -0.1) is 0 Å². The summed E-state index contributed by atoms with van der Waals surface area (Å²) in [6, 6.07) is 26.6. The molecule has 3 heteroatoms. The summed E-state index contributed by atoms with van der Waals surface area (Å²) >= 11 is 3.52. The van der Waals surface area contributed by atoms with Gasteiger partial charge in [-0.2, -0.15) is 0 Å². The average molecular weight is 380 g/mol. The van der Waals surface area contributed by atoms with E-state index in [4.69, 9.17) is 9.73 Å². The molecular weight excluding hydrogens is 362 g/mol. The van der Waals surface area contributed by atoms with Gasteiger partial charge in [-0.05, 0) is 50.8 Å². The summed E-state index contributed by atoms with van der Waals surface area (Å²) in [6.45, 7) is 0. The number of aliphatic imine (C=N–C) groups is 1. The number of benzene rings is 3. The largest absolute Gasteiger partial charge is 0.496 e. The van der Waals surface area contributed by atoms with Gasteiger partial charge in [-0.3, -0.25) is 4.99 Å². The average Bonchev–Trinajstić information content (AvgIpc) is 2.64. The van der Waals surface area contributed by atoms with Crippen LogP contribution in [0.25, 0.3) is 0 Å². The second kappa shape index (κ2) is 7.93. The van der Waals surface area contributed by atoms with E-state index in [-0.39, 0.29) is 6.04 Å². The van der Waals surface area contributed by atoms with Gasteiger partial charge in [0.05, 0.1) is 17.6 Å². The van der Waals surface area contributed by atoms with Gasteiger partial charge in [-0.25, -0.2) is 0 Å². The summed E-state index contributed by atoms with van der Waals surface area (Å²) in [5.74, 6) is 0.815. The molecule has 2 nitrogen and oxygen atoms in total. The van der Waals surface area contributed by atoms with E-state index in [9.17, 15) is 0 Å². The van der Waals surface area contributed by atoms with Gasteiger partial charge in [0.1, 0.15) is 5.75 Å². The minimum absolute atomic E-state index is 0.0201. The van der Waals surface area contributed by atoms with E-state index in [1.54, 1.807) is 7.11 Å². The van der Waals surface area contributed by atoms with Gasteiger partial charge in [0.2, 0.25) is 0 Å². The lowest BCUT2D eigenvalue weighted by molar-refractivity contribution is 0.412. The molecule has 0 radical (unpaired) electrons. The highest BCUT2D eigenvalue weighted by atomic mass is 79.9. The lowest BCUT2D eigenvalue weighted by atomic mass is 9.99. The highest BCUT2D eigenvalue weighted by Gasteiger charge is 2.11. The van der Waals surface area contributed by atoms with Crippen molar-refractivity contribution in [3.63, 3.8) is 0 Å². The number of hydrogen-bond donors (Lipinski definition) is 0. The summed E-state index contributed by atoms with van der Waals surface area (Å²) in [5.41, 5.74) is 3.37. The molecule has 0 amide bonds. The Hall–Kier alpha value is -2.39. The zero-order chi connectivity index (χ0) is 16.8. The maximum atomic E-state index is 5.27. The molecule has 0 aliphatic carbocycles. The maximum absolute atomic E-state index is 5.27. The fraction of sp³-hybridized carbons (Fsp3) is 0.0952. The molecule has 120 valence electrons. The predicted molar refractivity (Wildman–Crippen MR) is 103 cm³/mol. The van der Waals surface area contributed by atoms with Crippen LogP contribution in [-0.2, 0) is 0 Å². The van der Waals surface area contributed by atoms with Crippen molar-refractivity contribution >= 4 is 22.1 Å². The third-order valence-corrected chi connectivity index (χ3v) is 4.40. The molecule has 3 aromatic rings. The Labute approximate surface area is 151 Å². The molecule has 0 aliphatic rings. The van der Waals surface area contributed by atoms with Gasteiger partial charge in [0, 0.05) is 6.21 Å². The summed E-state index contributed by atoms with van der Waals surface area (Å²) in [7, 11) is 1.66. The van der Waals surface area contributed by atoms with Crippen molar-refractivity contribution in [1.29, 1.82) is 0 Å². The molecule has 0 saturated carbocycles. The first-order valence-electron chi connectivity index (χ1n) is 7.74. The molecule has 24 heavy (non-hydrogen) atoms. The molecule has 0 unspecified atom stereocenters. The topological polar surface area (TPSA) is 21.6 Å². The quantitative estimate of drug-likeness (QED) is 0.523. The van der Waals surface area contributed by atoms with Gasteiger partial charge < -0.3 is 4.74 Å². The van der Waals surface area contributed by atoms with Crippen molar-refractivity contribution < 1.29 is 4.74 Å². The van der Waals surface area contributed by atoms with Crippen LogP contribution >= 0.6 is 15.9 Å². The Balaban J connectivity index is 1.94. The normalized spacial score (nSPS) is 11.1. The van der Waals surface area contributed by atoms with Crippen molar-refractivity contribution in [2.45, 2.75) is 6.04 Å². The van der Waals surface area contributed by atoms with Crippen molar-refractivity contribution in [2.75, 3.05) is 7.11 Å². The lowest BCUT2D eigenvalue weighted by Crippen LogP contribution is -1.99. The molecule has 0 atom stereocenters. The predicted octanol–water partition coefficient (Wildman–Crippen LogP) is 5.67. The van der Waals surface area contributed by atoms with E-state index in [2.05, 4.69) is 40.2 Å². The Bertz CT molecular complexity index is 776. The molecule has 0 bridgehead atoms. The Morgan fingerprint density at radius 1 is 0.875 bits per heavy atom. The molecule has 0 heterocycles. The molecular formula is C21H18BrNO. The van der Waals surface area contributed by atoms with Crippen LogP contribution < -0.4 is 4.74 Å². The molecule has 0 saturated heterocycles. The number of methoxy groups -OCH3 is 1. The van der Waals surface area contributed by atoms with E-state index >= 15 is 0 Å². The summed E-state index contributed by atoms with van der Waals surface area (Å²) in [6.07, 6.45) is 1.91. The lowest BCUT2D eigenvalue weighted by Gasteiger charge is -2.13. The second-order valence-electron chi connectivity index (χ2n) is 5.40. The fourth-order valence-corrected chi connectivity index (χ4v) is 3.12. The highest BCUT2D eigenvalue weighted by Crippen LogP contribution is 2.27. The van der Waals surface area contributed by atoms with Crippen LogP contribution in [0.1, 0.15) is 22.7 Å². The third-order valence-electron chi connectivity index (χ3n) is 3.78. The van der Waals surface area contributed by atoms with Crippen molar-refractivity contribution in [3.05, 3.63) is 100 Å². The Kier molecular flexibility index (Phi) is 5.44. The molecule has 0 aliphatic heterocycles. The van der Waals surface area contributed by atoms with E-state index in [0.29, 0.717) is 0 Å². The van der Waals surface area contributed by atoms with E-state index in [1.807, 2.05) is 60.8 Å². The second-order valence-corrected chi connectivity index (χ2v) is 6.25. The third kappa shape index (κ3) is 3.92. The molecule has 3 aromatic carbocycles. The molecule has 0 spiro atoms. The van der Waals surface area contributed by atoms with Gasteiger partial charge in [-0.1, -0.05) is 60.7 Å². The smallest absolute Gasteiger partial charge is 0.133 e. The van der Waals surface area contributed by atoms with Gasteiger partial charge in [0.25, 0.3) is 0 Å². The van der Waals surface area contributed by atoms with E-state index in [1.165, 1.54) is 11.1 Å². The van der Waals surface area contributed by atoms with Crippen LogP contribution in [0, 0.1) is 0 Å². The number of rotatable bonds is 5. The summed E-state index contributed by atoms with van der Waals surface area (Å²) < 4.78 is 6.19. The Morgan fingerprint density at radius 3 is 1.96 bits per heavy atom. The zero-order valence-electron chi connectivity index (χ0n) is 13.4. The van der Waals surface area contributed by atoms with Gasteiger partial charge in [0.15, 0.2) is 0 Å². The van der Waals surface area contributed by atoms with Crippen LogP contribution in [-0.4, -0.2) is 13.3 Å². The first-order valence-corrected chi connectivity index (χ1v) is 8.54. The first-order chi connectivity index (χ1) is 11.8. The molecule has 3 rings (SSSR count). The standard InChI is InChI=1S/C21H18BrNO/c1-24-20-13-12-16(14-19(20)22)15-23-21(17-8-4-2-5-9-17)18-10-6-3-7-11-18/h2-15,21H,1H3. The van der Waals surface area contributed by atoms with Crippen molar-refractivity contribution in [1.82, 2.24) is 0 Å². The number of nitrogens with zero attached hydrogens (tertiary/aromatic N) is 1. The molecule has 0 fully saturated rings. The van der Waals surface area contributed by atoms with E-state index in [0.717, 1.165) is 15.8 Å². The Morgan fingerprint density at radius 2 is 1.46 bits per heavy atom. The van der Waals surface area contributed by atoms with Crippen LogP contribution in [0.5, 0.6) is 5.75 Å². The van der Waals surface area contributed by atoms with E-state index < -0.39 is 0 Å². The van der Waals surface area contributed by atoms with Gasteiger partial charge >= 0.3 is 0 Å². The SMILES string of the molecule is COc1ccc(C=NC(c2ccccc2)c2ccccc2)cc1Br. The minimum atomic E-state index is -0.0201.